The fourth-order valence-electron chi connectivity index (χ4n) is 3.12. The van der Waals surface area contributed by atoms with Crippen molar-refractivity contribution in [1.29, 1.82) is 0 Å². The van der Waals surface area contributed by atoms with Crippen LogP contribution in [0.2, 0.25) is 0 Å². The van der Waals surface area contributed by atoms with Crippen LogP contribution in [0.25, 0.3) is 0 Å². The molecule has 2 nitrogen and oxygen atoms in total. The van der Waals surface area contributed by atoms with E-state index in [1.165, 1.54) is 24.9 Å². The molecule has 0 saturated carbocycles. The summed E-state index contributed by atoms with van der Waals surface area (Å²) in [4.78, 5) is 2.66. The van der Waals surface area contributed by atoms with Crippen molar-refractivity contribution in [3.05, 3.63) is 35.9 Å². The molecule has 1 heterocycles. The van der Waals surface area contributed by atoms with Crippen molar-refractivity contribution >= 4 is 0 Å². The van der Waals surface area contributed by atoms with Gasteiger partial charge in [0.25, 0.3) is 0 Å². The van der Waals surface area contributed by atoms with Crippen molar-refractivity contribution in [3.8, 4) is 0 Å². The average molecular weight is 274 g/mol. The zero-order valence-electron chi connectivity index (χ0n) is 13.5. The molecule has 0 aromatic heterocycles. The van der Waals surface area contributed by atoms with E-state index < -0.39 is 0 Å². The van der Waals surface area contributed by atoms with Gasteiger partial charge < -0.3 is 5.32 Å². The summed E-state index contributed by atoms with van der Waals surface area (Å²) in [5.41, 5.74) is 1.49. The van der Waals surface area contributed by atoms with E-state index in [1.807, 2.05) is 0 Å². The quantitative estimate of drug-likeness (QED) is 0.882. The monoisotopic (exact) mass is 274 g/mol. The lowest BCUT2D eigenvalue weighted by Gasteiger charge is -2.45. The van der Waals surface area contributed by atoms with E-state index in [0.29, 0.717) is 6.04 Å². The molecule has 112 valence electrons. The summed E-state index contributed by atoms with van der Waals surface area (Å²) in [7, 11) is 0. The van der Waals surface area contributed by atoms with Crippen LogP contribution in [0.1, 0.15) is 46.1 Å². The molecule has 1 N–H and O–H groups in total. The van der Waals surface area contributed by atoms with Crippen LogP contribution >= 0.6 is 0 Å². The molecule has 2 atom stereocenters. The maximum Gasteiger partial charge on any atom is 0.0535 e. The van der Waals surface area contributed by atoms with Gasteiger partial charge in [0.2, 0.25) is 0 Å². The molecule has 0 amide bonds. The first-order valence-electron chi connectivity index (χ1n) is 8.06. The smallest absolute Gasteiger partial charge is 0.0535 e. The number of benzene rings is 1. The summed E-state index contributed by atoms with van der Waals surface area (Å²) in [5, 5.41) is 3.75. The van der Waals surface area contributed by atoms with Crippen molar-refractivity contribution in [1.82, 2.24) is 10.2 Å². The summed E-state index contributed by atoms with van der Waals surface area (Å²) in [6, 6.07) is 11.5. The average Bonchev–Trinajstić information content (AvgIpc) is 2.43. The van der Waals surface area contributed by atoms with Gasteiger partial charge in [-0.2, -0.15) is 0 Å². The minimum Gasteiger partial charge on any atom is -0.305 e. The van der Waals surface area contributed by atoms with Crippen LogP contribution in [0.5, 0.6) is 0 Å². The molecule has 1 aromatic rings. The molecule has 1 fully saturated rings. The molecule has 0 aliphatic carbocycles. The normalized spacial score (nSPS) is 27.9. The molecular formula is C18H30N2. The van der Waals surface area contributed by atoms with Gasteiger partial charge in [-0.1, -0.05) is 44.2 Å². The molecule has 1 aliphatic rings. The van der Waals surface area contributed by atoms with Gasteiger partial charge in [0.05, 0.1) is 5.54 Å². The maximum absolute atomic E-state index is 3.75. The molecule has 0 radical (unpaired) electrons. The molecule has 0 bridgehead atoms. The fraction of sp³-hybridized carbons (Fsp3) is 0.667. The molecule has 1 aromatic carbocycles. The first-order valence-corrected chi connectivity index (χ1v) is 8.06. The van der Waals surface area contributed by atoms with Crippen molar-refractivity contribution in [2.75, 3.05) is 19.6 Å². The Kier molecular flexibility index (Phi) is 5.22. The third-order valence-corrected chi connectivity index (χ3v) is 4.57. The lowest BCUT2D eigenvalue weighted by molar-refractivity contribution is 0.0919. The first kappa shape index (κ1) is 15.5. The highest BCUT2D eigenvalue weighted by Gasteiger charge is 2.34. The predicted molar refractivity (Wildman–Crippen MR) is 86.9 cm³/mol. The molecule has 2 unspecified atom stereocenters. The van der Waals surface area contributed by atoms with Gasteiger partial charge in [-0.3, -0.25) is 4.90 Å². The van der Waals surface area contributed by atoms with Crippen LogP contribution in [0.4, 0.5) is 0 Å². The third kappa shape index (κ3) is 3.83. The SMILES string of the molecule is CC(C)CCCN1CC(C)(c2ccccc2)NCC1C. The number of nitrogens with one attached hydrogen (secondary N) is 1. The van der Waals surface area contributed by atoms with Gasteiger partial charge in [-0.15, -0.1) is 0 Å². The lowest BCUT2D eigenvalue weighted by atomic mass is 9.88. The number of rotatable bonds is 5. The van der Waals surface area contributed by atoms with E-state index in [9.17, 15) is 0 Å². The van der Waals surface area contributed by atoms with Crippen LogP contribution in [0.15, 0.2) is 30.3 Å². The Labute approximate surface area is 124 Å². The maximum atomic E-state index is 3.75. The third-order valence-electron chi connectivity index (χ3n) is 4.57. The van der Waals surface area contributed by atoms with E-state index in [4.69, 9.17) is 0 Å². The fourth-order valence-corrected chi connectivity index (χ4v) is 3.12. The summed E-state index contributed by atoms with van der Waals surface area (Å²) in [6.45, 7) is 12.7. The van der Waals surface area contributed by atoms with Crippen molar-refractivity contribution in [3.63, 3.8) is 0 Å². The summed E-state index contributed by atoms with van der Waals surface area (Å²) in [6.07, 6.45) is 2.64. The minimum atomic E-state index is 0.0889. The second kappa shape index (κ2) is 6.73. The van der Waals surface area contributed by atoms with Crippen molar-refractivity contribution < 1.29 is 0 Å². The van der Waals surface area contributed by atoms with Crippen LogP contribution in [-0.2, 0) is 5.54 Å². The Morgan fingerprint density at radius 3 is 2.65 bits per heavy atom. The summed E-state index contributed by atoms with van der Waals surface area (Å²) < 4.78 is 0. The molecule has 0 spiro atoms. The molecular weight excluding hydrogens is 244 g/mol. The Bertz CT molecular complexity index is 401. The van der Waals surface area contributed by atoms with Gasteiger partial charge in [0, 0.05) is 19.1 Å². The molecule has 20 heavy (non-hydrogen) atoms. The van der Waals surface area contributed by atoms with E-state index in [1.54, 1.807) is 0 Å². The minimum absolute atomic E-state index is 0.0889. The molecule has 1 aliphatic heterocycles. The number of hydrogen-bond acceptors (Lipinski definition) is 2. The highest BCUT2D eigenvalue weighted by Crippen LogP contribution is 2.26. The van der Waals surface area contributed by atoms with Gasteiger partial charge >= 0.3 is 0 Å². The topological polar surface area (TPSA) is 15.3 Å². The van der Waals surface area contributed by atoms with Crippen LogP contribution in [0.3, 0.4) is 0 Å². The summed E-state index contributed by atoms with van der Waals surface area (Å²) >= 11 is 0. The van der Waals surface area contributed by atoms with E-state index >= 15 is 0 Å². The van der Waals surface area contributed by atoms with Crippen LogP contribution < -0.4 is 5.32 Å². The Hall–Kier alpha value is -0.860. The van der Waals surface area contributed by atoms with Crippen molar-refractivity contribution in [2.24, 2.45) is 5.92 Å². The van der Waals surface area contributed by atoms with Crippen LogP contribution in [0, 0.1) is 5.92 Å². The zero-order chi connectivity index (χ0) is 14.6. The highest BCUT2D eigenvalue weighted by atomic mass is 15.2. The number of piperazine rings is 1. The number of nitrogens with zero attached hydrogens (tertiary/aromatic N) is 1. The van der Waals surface area contributed by atoms with Crippen LogP contribution in [-0.4, -0.2) is 30.6 Å². The van der Waals surface area contributed by atoms with E-state index in [0.717, 1.165) is 19.0 Å². The van der Waals surface area contributed by atoms with E-state index in [-0.39, 0.29) is 5.54 Å². The Balaban J connectivity index is 2.00. The van der Waals surface area contributed by atoms with Gasteiger partial charge in [-0.25, -0.2) is 0 Å². The lowest BCUT2D eigenvalue weighted by Crippen LogP contribution is -2.60. The summed E-state index contributed by atoms with van der Waals surface area (Å²) in [5.74, 6) is 0.814. The number of hydrogen-bond donors (Lipinski definition) is 1. The highest BCUT2D eigenvalue weighted by molar-refractivity contribution is 5.25. The standard InChI is InChI=1S/C18H30N2/c1-15(2)9-8-12-20-14-18(4,19-13-16(20)3)17-10-6-5-7-11-17/h5-7,10-11,15-16,19H,8-9,12-14H2,1-4H3. The van der Waals surface area contributed by atoms with Crippen molar-refractivity contribution in [2.45, 2.75) is 52.1 Å². The zero-order valence-corrected chi connectivity index (χ0v) is 13.5. The second-order valence-corrected chi connectivity index (χ2v) is 6.93. The van der Waals surface area contributed by atoms with Gasteiger partial charge in [-0.05, 0) is 44.7 Å². The molecule has 1 saturated heterocycles. The predicted octanol–water partition coefficient (Wildman–Crippen LogP) is 3.63. The Morgan fingerprint density at radius 2 is 2.00 bits per heavy atom. The molecule has 2 rings (SSSR count). The van der Waals surface area contributed by atoms with E-state index in [2.05, 4.69) is 68.2 Å². The Morgan fingerprint density at radius 1 is 1.30 bits per heavy atom. The van der Waals surface area contributed by atoms with Gasteiger partial charge in [0.1, 0.15) is 0 Å². The first-order chi connectivity index (χ1) is 9.51. The molecule has 2 heteroatoms. The second-order valence-electron chi connectivity index (χ2n) is 6.93. The van der Waals surface area contributed by atoms with Gasteiger partial charge in [0.15, 0.2) is 0 Å². The largest absolute Gasteiger partial charge is 0.305 e.